The van der Waals surface area contributed by atoms with E-state index in [2.05, 4.69) is 16.0 Å². The van der Waals surface area contributed by atoms with E-state index in [1.807, 2.05) is 0 Å². The molecule has 9 heteroatoms. The zero-order valence-electron chi connectivity index (χ0n) is 16.1. The van der Waals surface area contributed by atoms with Crippen molar-refractivity contribution >= 4 is 41.0 Å². The average molecular weight is 421 g/mol. The fourth-order valence-corrected chi connectivity index (χ4v) is 3.87. The lowest BCUT2D eigenvalue weighted by Crippen LogP contribution is -2.49. The van der Waals surface area contributed by atoms with Gasteiger partial charge in [0, 0.05) is 23.7 Å². The van der Waals surface area contributed by atoms with E-state index >= 15 is 0 Å². The van der Waals surface area contributed by atoms with E-state index in [0.717, 1.165) is 24.2 Å². The number of nitrogens with one attached hydrogen (secondary N) is 3. The van der Waals surface area contributed by atoms with Crippen LogP contribution in [-0.4, -0.2) is 47.3 Å². The number of anilines is 1. The predicted molar refractivity (Wildman–Crippen MR) is 108 cm³/mol. The summed E-state index contributed by atoms with van der Waals surface area (Å²) in [6.07, 6.45) is 4.76. The largest absolute Gasteiger partial charge is 0.355 e. The smallest absolute Gasteiger partial charge is 0.325 e. The Bertz CT molecular complexity index is 790. The molecule has 1 aromatic carbocycles. The quantitative estimate of drug-likeness (QED) is 0.465. The third kappa shape index (κ3) is 5.26. The Morgan fingerprint density at radius 2 is 1.76 bits per heavy atom. The van der Waals surface area contributed by atoms with Gasteiger partial charge in [-0.15, -0.1) is 0 Å². The molecular formula is C20H25ClN4O4. The van der Waals surface area contributed by atoms with Crippen molar-refractivity contribution in [3.8, 4) is 0 Å². The summed E-state index contributed by atoms with van der Waals surface area (Å²) in [6, 6.07) is 6.28. The third-order valence-electron chi connectivity index (χ3n) is 5.29. The minimum absolute atomic E-state index is 0.171. The van der Waals surface area contributed by atoms with Crippen LogP contribution in [0.15, 0.2) is 24.3 Å². The highest BCUT2D eigenvalue weighted by Crippen LogP contribution is 2.33. The Morgan fingerprint density at radius 1 is 1.07 bits per heavy atom. The van der Waals surface area contributed by atoms with Crippen LogP contribution in [0.2, 0.25) is 5.02 Å². The zero-order chi connectivity index (χ0) is 20.9. The monoisotopic (exact) mass is 420 g/mol. The van der Waals surface area contributed by atoms with E-state index in [-0.39, 0.29) is 31.3 Å². The number of benzene rings is 1. The lowest BCUT2D eigenvalue weighted by molar-refractivity contribution is -0.135. The molecule has 0 radical (unpaired) electrons. The van der Waals surface area contributed by atoms with Gasteiger partial charge >= 0.3 is 6.03 Å². The summed E-state index contributed by atoms with van der Waals surface area (Å²) < 4.78 is 0. The highest BCUT2D eigenvalue weighted by atomic mass is 35.5. The maximum absolute atomic E-state index is 12.6. The maximum atomic E-state index is 12.6. The second-order valence-corrected chi connectivity index (χ2v) is 7.91. The molecule has 3 N–H and O–H groups in total. The third-order valence-corrected chi connectivity index (χ3v) is 5.54. The summed E-state index contributed by atoms with van der Waals surface area (Å²) in [5, 5.41) is 8.77. The van der Waals surface area contributed by atoms with Gasteiger partial charge in [0.1, 0.15) is 12.1 Å². The van der Waals surface area contributed by atoms with E-state index in [0.29, 0.717) is 30.0 Å². The van der Waals surface area contributed by atoms with Crippen molar-refractivity contribution in [1.29, 1.82) is 0 Å². The molecule has 0 bridgehead atoms. The van der Waals surface area contributed by atoms with Crippen molar-refractivity contribution in [1.82, 2.24) is 15.5 Å². The molecule has 1 saturated heterocycles. The summed E-state index contributed by atoms with van der Waals surface area (Å²) in [5.74, 6) is -0.894. The number of amides is 5. The van der Waals surface area contributed by atoms with Gasteiger partial charge in [0.05, 0.1) is 0 Å². The second-order valence-electron chi connectivity index (χ2n) is 7.47. The van der Waals surface area contributed by atoms with Crippen LogP contribution in [0.3, 0.4) is 0 Å². The van der Waals surface area contributed by atoms with E-state index < -0.39 is 17.5 Å². The molecule has 0 atom stereocenters. The van der Waals surface area contributed by atoms with Crippen LogP contribution in [-0.2, 0) is 14.4 Å². The van der Waals surface area contributed by atoms with Crippen LogP contribution < -0.4 is 16.0 Å². The van der Waals surface area contributed by atoms with Crippen molar-refractivity contribution in [3.63, 3.8) is 0 Å². The van der Waals surface area contributed by atoms with E-state index in [1.165, 1.54) is 0 Å². The first-order valence-electron chi connectivity index (χ1n) is 9.86. The first-order valence-corrected chi connectivity index (χ1v) is 10.2. The van der Waals surface area contributed by atoms with Gasteiger partial charge in [-0.1, -0.05) is 30.9 Å². The highest BCUT2D eigenvalue weighted by molar-refractivity contribution is 6.30. The Hall–Kier alpha value is -2.61. The molecule has 8 nitrogen and oxygen atoms in total. The first kappa shape index (κ1) is 21.1. The molecule has 1 heterocycles. The van der Waals surface area contributed by atoms with E-state index in [1.54, 1.807) is 24.3 Å². The molecule has 156 valence electrons. The lowest BCUT2D eigenvalue weighted by Gasteiger charge is -2.30. The summed E-state index contributed by atoms with van der Waals surface area (Å²) >= 11 is 5.80. The van der Waals surface area contributed by atoms with Crippen molar-refractivity contribution in [2.75, 3.05) is 18.4 Å². The van der Waals surface area contributed by atoms with Gasteiger partial charge in [-0.25, -0.2) is 4.79 Å². The number of urea groups is 1. The molecule has 1 aliphatic carbocycles. The van der Waals surface area contributed by atoms with Crippen LogP contribution in [0.5, 0.6) is 0 Å². The molecule has 5 amide bonds. The Morgan fingerprint density at radius 3 is 2.45 bits per heavy atom. The van der Waals surface area contributed by atoms with Gasteiger partial charge in [0.25, 0.3) is 5.91 Å². The number of halogens is 1. The Balaban J connectivity index is 1.37. The molecule has 1 aromatic rings. The van der Waals surface area contributed by atoms with Crippen LogP contribution in [0, 0.1) is 0 Å². The Labute approximate surface area is 174 Å². The van der Waals surface area contributed by atoms with Gasteiger partial charge in [-0.3, -0.25) is 19.3 Å². The standard InChI is InChI=1S/C20H25ClN4O4/c21-14-6-8-15(9-7-14)23-16(26)5-4-12-22-17(27)13-25-18(28)20(24-19(25)29)10-2-1-3-11-20/h6-9H,1-5,10-13H2,(H,22,27)(H,23,26)(H,24,29). The number of hydrogen-bond donors (Lipinski definition) is 3. The van der Waals surface area contributed by atoms with Gasteiger partial charge in [0.15, 0.2) is 0 Å². The second kappa shape index (κ2) is 9.26. The number of nitrogens with zero attached hydrogens (tertiary/aromatic N) is 1. The van der Waals surface area contributed by atoms with Crippen LogP contribution in [0.4, 0.5) is 10.5 Å². The van der Waals surface area contributed by atoms with Crippen molar-refractivity contribution < 1.29 is 19.2 Å². The normalized spacial score (nSPS) is 17.9. The number of carbonyl (C=O) groups is 4. The molecule has 3 rings (SSSR count). The SMILES string of the molecule is O=C(CN1C(=O)NC2(CCCCC2)C1=O)NCCCC(=O)Nc1ccc(Cl)cc1. The average Bonchev–Trinajstić information content (AvgIpc) is 2.91. The minimum Gasteiger partial charge on any atom is -0.355 e. The summed E-state index contributed by atoms with van der Waals surface area (Å²) in [7, 11) is 0. The topological polar surface area (TPSA) is 108 Å². The molecule has 2 aliphatic rings. The molecule has 1 spiro atoms. The molecule has 0 unspecified atom stereocenters. The number of carbonyl (C=O) groups excluding carboxylic acids is 4. The fourth-order valence-electron chi connectivity index (χ4n) is 3.75. The fraction of sp³-hybridized carbons (Fsp3) is 0.500. The molecule has 1 saturated carbocycles. The molecule has 1 aliphatic heterocycles. The number of rotatable bonds is 7. The van der Waals surface area contributed by atoms with Gasteiger partial charge in [-0.05, 0) is 43.5 Å². The minimum atomic E-state index is -0.824. The van der Waals surface area contributed by atoms with Crippen LogP contribution >= 0.6 is 11.6 Å². The molecule has 29 heavy (non-hydrogen) atoms. The molecule has 2 fully saturated rings. The number of imide groups is 1. The van der Waals surface area contributed by atoms with Crippen molar-refractivity contribution in [2.45, 2.75) is 50.5 Å². The number of hydrogen-bond acceptors (Lipinski definition) is 4. The van der Waals surface area contributed by atoms with Crippen molar-refractivity contribution in [3.05, 3.63) is 29.3 Å². The predicted octanol–water partition coefficient (Wildman–Crippen LogP) is 2.43. The van der Waals surface area contributed by atoms with Crippen LogP contribution in [0.25, 0.3) is 0 Å². The lowest BCUT2D eigenvalue weighted by atomic mass is 9.82. The highest BCUT2D eigenvalue weighted by Gasteiger charge is 2.51. The Kier molecular flexibility index (Phi) is 6.74. The van der Waals surface area contributed by atoms with Gasteiger partial charge in [0.2, 0.25) is 11.8 Å². The van der Waals surface area contributed by atoms with Gasteiger partial charge < -0.3 is 16.0 Å². The first-order chi connectivity index (χ1) is 13.9. The van der Waals surface area contributed by atoms with Crippen LogP contribution in [0.1, 0.15) is 44.9 Å². The molecule has 0 aromatic heterocycles. The molecular weight excluding hydrogens is 396 g/mol. The zero-order valence-corrected chi connectivity index (χ0v) is 16.9. The van der Waals surface area contributed by atoms with E-state index in [4.69, 9.17) is 11.6 Å². The summed E-state index contributed by atoms with van der Waals surface area (Å²) in [5.41, 5.74) is -0.173. The maximum Gasteiger partial charge on any atom is 0.325 e. The van der Waals surface area contributed by atoms with Gasteiger partial charge in [-0.2, -0.15) is 0 Å². The van der Waals surface area contributed by atoms with Crippen molar-refractivity contribution in [2.24, 2.45) is 0 Å². The summed E-state index contributed by atoms with van der Waals surface area (Å²) in [6.45, 7) is -0.0228. The van der Waals surface area contributed by atoms with E-state index in [9.17, 15) is 19.2 Å². The summed E-state index contributed by atoms with van der Waals surface area (Å²) in [4.78, 5) is 49.8.